The van der Waals surface area contributed by atoms with E-state index in [0.29, 0.717) is 5.41 Å². The number of aliphatic imine (C=N–C) groups is 1. The normalized spacial score (nSPS) is 34.5. The number of thioether (sulfide) groups is 1. The highest BCUT2D eigenvalue weighted by molar-refractivity contribution is 7.98. The van der Waals surface area contributed by atoms with E-state index in [1.54, 1.807) is 11.8 Å². The van der Waals surface area contributed by atoms with Crippen LogP contribution in [0.2, 0.25) is 0 Å². The first-order chi connectivity index (χ1) is 9.36. The van der Waals surface area contributed by atoms with Crippen molar-refractivity contribution in [3.05, 3.63) is 0 Å². The summed E-state index contributed by atoms with van der Waals surface area (Å²) < 4.78 is 4.93. The van der Waals surface area contributed by atoms with E-state index < -0.39 is 0 Å². The van der Waals surface area contributed by atoms with Gasteiger partial charge in [-0.15, -0.1) is 0 Å². The summed E-state index contributed by atoms with van der Waals surface area (Å²) >= 11 is 1.75. The molecular weight excluding hydrogens is 270 g/mol. The highest BCUT2D eigenvalue weighted by Gasteiger charge is 2.59. The minimum Gasteiger partial charge on any atom is -0.467 e. The third-order valence-corrected chi connectivity index (χ3v) is 6.54. The monoisotopic (exact) mass is 297 g/mol. The smallest absolute Gasteiger partial charge is 0.330 e. The SMILES string of the molecule is COC(=O)[C@H](CCSC)N=C1C[C@H]2CC[C@]1(C)C2(C)C. The topological polar surface area (TPSA) is 38.7 Å². The van der Waals surface area contributed by atoms with Gasteiger partial charge in [0.2, 0.25) is 0 Å². The van der Waals surface area contributed by atoms with Crippen molar-refractivity contribution in [3.8, 4) is 0 Å². The lowest BCUT2D eigenvalue weighted by molar-refractivity contribution is -0.142. The van der Waals surface area contributed by atoms with Crippen LogP contribution in [0.3, 0.4) is 0 Å². The minimum absolute atomic E-state index is 0.170. The first-order valence-corrected chi connectivity index (χ1v) is 8.90. The molecule has 0 spiro atoms. The molecule has 4 heteroatoms. The molecule has 0 aliphatic heterocycles. The largest absolute Gasteiger partial charge is 0.467 e. The highest BCUT2D eigenvalue weighted by atomic mass is 32.2. The molecule has 0 unspecified atom stereocenters. The Morgan fingerprint density at radius 3 is 2.65 bits per heavy atom. The molecule has 0 saturated heterocycles. The molecule has 0 amide bonds. The maximum Gasteiger partial charge on any atom is 0.330 e. The predicted octanol–water partition coefficient (Wildman–Crippen LogP) is 3.57. The Morgan fingerprint density at radius 2 is 2.20 bits per heavy atom. The van der Waals surface area contributed by atoms with Gasteiger partial charge in [-0.25, -0.2) is 4.79 Å². The van der Waals surface area contributed by atoms with E-state index in [0.717, 1.165) is 24.5 Å². The van der Waals surface area contributed by atoms with Crippen LogP contribution in [-0.2, 0) is 9.53 Å². The molecular formula is C16H27NO2S. The second-order valence-corrected chi connectivity index (χ2v) is 7.88. The Morgan fingerprint density at radius 1 is 1.50 bits per heavy atom. The number of carbonyl (C=O) groups excluding carboxylic acids is 1. The zero-order valence-corrected chi connectivity index (χ0v) is 14.2. The Balaban J connectivity index is 2.23. The third-order valence-electron chi connectivity index (χ3n) is 5.89. The van der Waals surface area contributed by atoms with Crippen LogP contribution in [0.25, 0.3) is 0 Å². The summed E-state index contributed by atoms with van der Waals surface area (Å²) in [6, 6.07) is -0.311. The molecule has 2 fully saturated rings. The van der Waals surface area contributed by atoms with Crippen LogP contribution in [0.4, 0.5) is 0 Å². The number of hydrogen-bond donors (Lipinski definition) is 0. The van der Waals surface area contributed by atoms with Gasteiger partial charge < -0.3 is 4.74 Å². The average molecular weight is 297 g/mol. The third kappa shape index (κ3) is 2.40. The Hall–Kier alpha value is -0.510. The maximum atomic E-state index is 11.9. The van der Waals surface area contributed by atoms with Gasteiger partial charge in [0.15, 0.2) is 0 Å². The molecule has 2 saturated carbocycles. The fraction of sp³-hybridized carbons (Fsp3) is 0.875. The molecule has 0 aromatic heterocycles. The average Bonchev–Trinajstić information content (AvgIpc) is 2.75. The summed E-state index contributed by atoms with van der Waals surface area (Å²) in [4.78, 5) is 16.8. The number of methoxy groups -OCH3 is 1. The van der Waals surface area contributed by atoms with E-state index in [-0.39, 0.29) is 17.4 Å². The van der Waals surface area contributed by atoms with Crippen LogP contribution in [-0.4, -0.2) is 36.8 Å². The van der Waals surface area contributed by atoms with Crippen molar-refractivity contribution in [2.45, 2.75) is 52.5 Å². The number of hydrogen-bond acceptors (Lipinski definition) is 4. The van der Waals surface area contributed by atoms with Crippen LogP contribution in [0.5, 0.6) is 0 Å². The molecule has 0 N–H and O–H groups in total. The second-order valence-electron chi connectivity index (χ2n) is 6.89. The van der Waals surface area contributed by atoms with Crippen LogP contribution in [0.15, 0.2) is 4.99 Å². The van der Waals surface area contributed by atoms with E-state index in [2.05, 4.69) is 27.0 Å². The van der Waals surface area contributed by atoms with Crippen molar-refractivity contribution in [3.63, 3.8) is 0 Å². The van der Waals surface area contributed by atoms with Crippen molar-refractivity contribution in [2.24, 2.45) is 21.7 Å². The van der Waals surface area contributed by atoms with Gasteiger partial charge >= 0.3 is 5.97 Å². The molecule has 2 aliphatic carbocycles. The number of nitrogens with zero attached hydrogens (tertiary/aromatic N) is 1. The summed E-state index contributed by atoms with van der Waals surface area (Å²) in [5.74, 6) is 1.49. The van der Waals surface area contributed by atoms with Crippen LogP contribution in [0, 0.1) is 16.7 Å². The first kappa shape index (κ1) is 15.9. The lowest BCUT2D eigenvalue weighted by Crippen LogP contribution is -2.34. The van der Waals surface area contributed by atoms with Gasteiger partial charge in [0.1, 0.15) is 6.04 Å². The summed E-state index contributed by atoms with van der Waals surface area (Å²) in [6.07, 6.45) is 6.41. The Kier molecular flexibility index (Phi) is 4.53. The van der Waals surface area contributed by atoms with Crippen molar-refractivity contribution in [2.75, 3.05) is 19.1 Å². The lowest BCUT2D eigenvalue weighted by Gasteiger charge is -2.35. The lowest BCUT2D eigenvalue weighted by atomic mass is 9.70. The number of ether oxygens (including phenoxy) is 1. The van der Waals surface area contributed by atoms with Crippen LogP contribution < -0.4 is 0 Å². The zero-order valence-electron chi connectivity index (χ0n) is 13.4. The van der Waals surface area contributed by atoms with E-state index in [1.165, 1.54) is 25.7 Å². The fourth-order valence-electron chi connectivity index (χ4n) is 3.91. The van der Waals surface area contributed by atoms with E-state index in [4.69, 9.17) is 9.73 Å². The molecule has 0 aromatic carbocycles. The van der Waals surface area contributed by atoms with Crippen molar-refractivity contribution in [1.82, 2.24) is 0 Å². The van der Waals surface area contributed by atoms with Crippen molar-refractivity contribution < 1.29 is 9.53 Å². The van der Waals surface area contributed by atoms with Gasteiger partial charge in [0, 0.05) is 11.1 Å². The second kappa shape index (κ2) is 5.70. The molecule has 2 aliphatic rings. The molecule has 114 valence electrons. The molecule has 20 heavy (non-hydrogen) atoms. The van der Waals surface area contributed by atoms with E-state index in [1.807, 2.05) is 0 Å². The molecule has 2 rings (SSSR count). The van der Waals surface area contributed by atoms with Gasteiger partial charge in [-0.3, -0.25) is 4.99 Å². The van der Waals surface area contributed by atoms with Crippen molar-refractivity contribution >= 4 is 23.4 Å². The molecule has 0 aromatic rings. The quantitative estimate of drug-likeness (QED) is 0.728. The molecule has 0 radical (unpaired) electrons. The standard InChI is InChI=1S/C16H27NO2S/c1-15(2)11-6-8-16(15,3)13(10-11)17-12(7-9-20-5)14(18)19-4/h11-12H,6-10H2,1-5H3/t11-,12+,16+/m1/s1. The van der Waals surface area contributed by atoms with Crippen molar-refractivity contribution in [1.29, 1.82) is 0 Å². The van der Waals surface area contributed by atoms with Gasteiger partial charge in [0.25, 0.3) is 0 Å². The summed E-state index contributed by atoms with van der Waals surface area (Å²) in [5.41, 5.74) is 1.74. The fourth-order valence-corrected chi connectivity index (χ4v) is 4.37. The predicted molar refractivity (Wildman–Crippen MR) is 85.5 cm³/mol. The van der Waals surface area contributed by atoms with Gasteiger partial charge in [-0.2, -0.15) is 11.8 Å². The van der Waals surface area contributed by atoms with Crippen LogP contribution in [0.1, 0.15) is 46.5 Å². The van der Waals surface area contributed by atoms with E-state index >= 15 is 0 Å². The maximum absolute atomic E-state index is 11.9. The first-order valence-electron chi connectivity index (χ1n) is 7.50. The van der Waals surface area contributed by atoms with Gasteiger partial charge in [-0.1, -0.05) is 20.8 Å². The zero-order chi connectivity index (χ0) is 15.0. The van der Waals surface area contributed by atoms with Crippen LogP contribution >= 0.6 is 11.8 Å². The van der Waals surface area contributed by atoms with E-state index in [9.17, 15) is 4.79 Å². The molecule has 3 atom stereocenters. The Labute approximate surface area is 126 Å². The van der Waals surface area contributed by atoms with Gasteiger partial charge in [0.05, 0.1) is 7.11 Å². The number of esters is 1. The van der Waals surface area contributed by atoms with Gasteiger partial charge in [-0.05, 0) is 49.0 Å². The molecule has 2 bridgehead atoms. The molecule has 0 heterocycles. The Bertz CT molecular complexity index is 419. The highest BCUT2D eigenvalue weighted by Crippen LogP contribution is 2.64. The summed E-state index contributed by atoms with van der Waals surface area (Å²) in [5, 5.41) is 0. The number of carbonyl (C=O) groups is 1. The number of fused-ring (bicyclic) bond motifs is 2. The number of rotatable bonds is 5. The summed E-state index contributed by atoms with van der Waals surface area (Å²) in [7, 11) is 1.46. The molecule has 3 nitrogen and oxygen atoms in total. The minimum atomic E-state index is -0.311. The summed E-state index contributed by atoms with van der Waals surface area (Å²) in [6.45, 7) is 7.06.